The van der Waals surface area contributed by atoms with Gasteiger partial charge >= 0.3 is 0 Å². The maximum atomic E-state index is 11.6. The van der Waals surface area contributed by atoms with Crippen LogP contribution in [0.5, 0.6) is 0 Å². The van der Waals surface area contributed by atoms with Gasteiger partial charge in [-0.05, 0) is 48.6 Å². The number of anilines is 1. The molecule has 142 valence electrons. The van der Waals surface area contributed by atoms with Crippen LogP contribution in [0.2, 0.25) is 0 Å². The molecule has 5 rings (SSSR count). The average Bonchev–Trinajstić information content (AvgIpc) is 3.18. The number of pyridine rings is 1. The van der Waals surface area contributed by atoms with Gasteiger partial charge in [0.2, 0.25) is 0 Å². The summed E-state index contributed by atoms with van der Waals surface area (Å²) in [6.45, 7) is 10.7. The van der Waals surface area contributed by atoms with Gasteiger partial charge in [0.25, 0.3) is 5.91 Å². The molecule has 2 bridgehead atoms. The number of amides is 1. The zero-order valence-corrected chi connectivity index (χ0v) is 16.6. The van der Waals surface area contributed by atoms with Crippen molar-refractivity contribution in [3.05, 3.63) is 24.0 Å². The second-order valence-corrected chi connectivity index (χ2v) is 9.46. The smallest absolute Gasteiger partial charge is 0.269 e. The van der Waals surface area contributed by atoms with Crippen molar-refractivity contribution < 1.29 is 4.79 Å². The molecule has 0 aromatic carbocycles. The number of nitrogens with zero attached hydrogens (tertiary/aromatic N) is 3. The van der Waals surface area contributed by atoms with E-state index < -0.39 is 0 Å². The highest BCUT2D eigenvalue weighted by atomic mass is 16.1. The molecule has 1 aromatic heterocycles. The van der Waals surface area contributed by atoms with E-state index in [0.717, 1.165) is 30.9 Å². The summed E-state index contributed by atoms with van der Waals surface area (Å²) in [6.07, 6.45) is 7.11. The normalized spacial score (nSPS) is 29.5. The van der Waals surface area contributed by atoms with Crippen molar-refractivity contribution in [3.8, 4) is 0 Å². The predicted octanol–water partition coefficient (Wildman–Crippen LogP) is 2.92. The second-order valence-electron chi connectivity index (χ2n) is 9.46. The summed E-state index contributed by atoms with van der Waals surface area (Å²) in [5, 5.41) is 2.62. The Bertz CT molecular complexity index is 664. The number of piperidine rings is 1. The molecule has 0 spiro atoms. The molecule has 0 unspecified atom stereocenters. The summed E-state index contributed by atoms with van der Waals surface area (Å²) < 4.78 is 0. The van der Waals surface area contributed by atoms with Crippen LogP contribution in [0, 0.1) is 10.8 Å². The molecular weight excluding hydrogens is 324 g/mol. The van der Waals surface area contributed by atoms with Gasteiger partial charge in [-0.1, -0.05) is 20.8 Å². The fourth-order valence-electron chi connectivity index (χ4n) is 5.25. The van der Waals surface area contributed by atoms with Gasteiger partial charge in [-0.2, -0.15) is 0 Å². The third-order valence-corrected chi connectivity index (χ3v) is 7.30. The minimum atomic E-state index is -0.129. The van der Waals surface area contributed by atoms with Crippen LogP contribution in [0.15, 0.2) is 18.3 Å². The van der Waals surface area contributed by atoms with E-state index in [1.165, 1.54) is 32.2 Å². The molecule has 3 aliphatic heterocycles. The maximum Gasteiger partial charge on any atom is 0.269 e. The lowest BCUT2D eigenvalue weighted by molar-refractivity contribution is 0.0405. The lowest BCUT2D eigenvalue weighted by atomic mass is 9.56. The summed E-state index contributed by atoms with van der Waals surface area (Å²) in [4.78, 5) is 21.2. The molecule has 4 fully saturated rings. The third-order valence-electron chi connectivity index (χ3n) is 7.30. The van der Waals surface area contributed by atoms with Crippen molar-refractivity contribution in [2.24, 2.45) is 10.8 Å². The lowest BCUT2D eigenvalue weighted by Gasteiger charge is -2.48. The van der Waals surface area contributed by atoms with E-state index in [1.54, 1.807) is 7.05 Å². The number of aromatic nitrogens is 1. The van der Waals surface area contributed by atoms with Crippen molar-refractivity contribution in [2.75, 3.05) is 31.6 Å². The fraction of sp³-hybridized carbons (Fsp3) is 0.714. The molecule has 26 heavy (non-hydrogen) atoms. The van der Waals surface area contributed by atoms with Crippen LogP contribution in [-0.2, 0) is 0 Å². The molecule has 0 atom stereocenters. The quantitative estimate of drug-likeness (QED) is 0.905. The Labute approximate surface area is 157 Å². The number of hydrogen-bond donors (Lipinski definition) is 1. The first-order valence-electron chi connectivity index (χ1n) is 10.0. The van der Waals surface area contributed by atoms with Gasteiger partial charge in [0.15, 0.2) is 0 Å². The third kappa shape index (κ3) is 2.81. The molecule has 1 aliphatic carbocycles. The van der Waals surface area contributed by atoms with E-state index in [2.05, 4.69) is 40.9 Å². The van der Waals surface area contributed by atoms with Crippen LogP contribution in [-0.4, -0.2) is 54.6 Å². The largest absolute Gasteiger partial charge is 0.370 e. The topological polar surface area (TPSA) is 48.5 Å². The van der Waals surface area contributed by atoms with Gasteiger partial charge < -0.3 is 10.2 Å². The number of carbonyl (C=O) groups excluding carboxylic acids is 1. The Morgan fingerprint density at radius 3 is 2.38 bits per heavy atom. The first-order chi connectivity index (χ1) is 12.3. The van der Waals surface area contributed by atoms with Crippen molar-refractivity contribution in [1.82, 2.24) is 15.2 Å². The number of hydrogen-bond acceptors (Lipinski definition) is 4. The molecule has 4 heterocycles. The van der Waals surface area contributed by atoms with Crippen molar-refractivity contribution in [3.63, 3.8) is 0 Å². The van der Waals surface area contributed by atoms with E-state index in [1.807, 2.05) is 18.3 Å². The van der Waals surface area contributed by atoms with Gasteiger partial charge in [0, 0.05) is 38.8 Å². The van der Waals surface area contributed by atoms with Crippen LogP contribution >= 0.6 is 0 Å². The van der Waals surface area contributed by atoms with Gasteiger partial charge in [0.05, 0.1) is 11.9 Å². The summed E-state index contributed by atoms with van der Waals surface area (Å²) in [5.41, 5.74) is 2.61. The predicted molar refractivity (Wildman–Crippen MR) is 104 cm³/mol. The van der Waals surface area contributed by atoms with Crippen LogP contribution in [0.4, 0.5) is 5.69 Å². The highest BCUT2D eigenvalue weighted by Crippen LogP contribution is 2.61. The molecule has 0 radical (unpaired) electrons. The van der Waals surface area contributed by atoms with Gasteiger partial charge in [-0.15, -0.1) is 0 Å². The lowest BCUT2D eigenvalue weighted by Crippen LogP contribution is -2.46. The number of carbonyl (C=O) groups is 1. The highest BCUT2D eigenvalue weighted by Gasteiger charge is 2.61. The minimum Gasteiger partial charge on any atom is -0.370 e. The molecule has 1 saturated carbocycles. The van der Waals surface area contributed by atoms with Gasteiger partial charge in [0.1, 0.15) is 5.69 Å². The van der Waals surface area contributed by atoms with Crippen LogP contribution in [0.3, 0.4) is 0 Å². The Morgan fingerprint density at radius 2 is 1.88 bits per heavy atom. The van der Waals surface area contributed by atoms with Crippen molar-refractivity contribution in [2.45, 2.75) is 58.5 Å². The minimum absolute atomic E-state index is 0.129. The van der Waals surface area contributed by atoms with E-state index in [-0.39, 0.29) is 5.91 Å². The Hall–Kier alpha value is -1.62. The van der Waals surface area contributed by atoms with Gasteiger partial charge in [-0.25, -0.2) is 4.98 Å². The van der Waals surface area contributed by atoms with E-state index in [4.69, 9.17) is 0 Å². The Balaban J connectivity index is 1.35. The second kappa shape index (κ2) is 6.22. The molecule has 4 aliphatic rings. The Morgan fingerprint density at radius 1 is 1.19 bits per heavy atom. The molecule has 5 heteroatoms. The molecule has 3 saturated heterocycles. The Kier molecular flexibility index (Phi) is 4.25. The number of nitrogens with one attached hydrogen (secondary N) is 1. The fourth-order valence-corrected chi connectivity index (χ4v) is 5.25. The SMILES string of the molecule is CNC(=O)c1ccc(N2CCC(N3CC4(C(C)(C)C)CC3C4)CC2)cn1. The zero-order valence-electron chi connectivity index (χ0n) is 16.6. The van der Waals surface area contributed by atoms with Crippen LogP contribution in [0.1, 0.15) is 56.9 Å². The highest BCUT2D eigenvalue weighted by molar-refractivity contribution is 5.92. The van der Waals surface area contributed by atoms with Gasteiger partial charge in [-0.3, -0.25) is 9.69 Å². The monoisotopic (exact) mass is 356 g/mol. The summed E-state index contributed by atoms with van der Waals surface area (Å²) >= 11 is 0. The number of rotatable bonds is 3. The summed E-state index contributed by atoms with van der Waals surface area (Å²) in [5.74, 6) is -0.129. The number of fused-ring (bicyclic) bond motifs is 1. The van der Waals surface area contributed by atoms with Crippen molar-refractivity contribution >= 4 is 11.6 Å². The molecule has 1 N–H and O–H groups in total. The van der Waals surface area contributed by atoms with Crippen LogP contribution in [0.25, 0.3) is 0 Å². The molecule has 1 amide bonds. The first-order valence-corrected chi connectivity index (χ1v) is 10.0. The molecule has 1 aromatic rings. The van der Waals surface area contributed by atoms with E-state index >= 15 is 0 Å². The standard InChI is InChI=1S/C21H32N4O/c1-20(2,3)21-11-17(12-21)25(14-21)15-7-9-24(10-8-15)16-5-6-18(23-13-16)19(26)22-4/h5-6,13,15,17H,7-12,14H2,1-4H3,(H,22,26). The van der Waals surface area contributed by atoms with E-state index in [9.17, 15) is 4.79 Å². The van der Waals surface area contributed by atoms with Crippen molar-refractivity contribution in [1.29, 1.82) is 0 Å². The van der Waals surface area contributed by atoms with E-state index in [0.29, 0.717) is 16.5 Å². The first kappa shape index (κ1) is 17.8. The summed E-state index contributed by atoms with van der Waals surface area (Å²) in [7, 11) is 1.63. The van der Waals surface area contributed by atoms with Crippen LogP contribution < -0.4 is 10.2 Å². The maximum absolute atomic E-state index is 11.6. The molecular formula is C21H32N4O. The zero-order chi connectivity index (χ0) is 18.5. The average molecular weight is 357 g/mol. The molecule has 5 nitrogen and oxygen atoms in total. The summed E-state index contributed by atoms with van der Waals surface area (Å²) in [6, 6.07) is 5.42.